The van der Waals surface area contributed by atoms with Gasteiger partial charge in [-0.25, -0.2) is 4.98 Å². The first kappa shape index (κ1) is 11.4. The molecular formula is C9H10ClNO2S2. The molecule has 0 bridgehead atoms. The van der Waals surface area contributed by atoms with E-state index in [-0.39, 0.29) is 0 Å². The molecule has 1 aliphatic rings. The van der Waals surface area contributed by atoms with Crippen molar-refractivity contribution >= 4 is 41.0 Å². The molecule has 0 aliphatic carbocycles. The molecule has 2 rings (SSSR count). The first-order chi connectivity index (χ1) is 7.29. The van der Waals surface area contributed by atoms with Gasteiger partial charge in [-0.15, -0.1) is 11.3 Å². The summed E-state index contributed by atoms with van der Waals surface area (Å²) in [6, 6.07) is 0. The molecule has 0 amide bonds. The smallest absolute Gasteiger partial charge is 0.163 e. The summed E-state index contributed by atoms with van der Waals surface area (Å²) >= 11 is 8.86. The predicted molar refractivity (Wildman–Crippen MR) is 62.2 cm³/mol. The molecule has 0 N–H and O–H groups in total. The number of hydrogen-bond acceptors (Lipinski definition) is 5. The van der Waals surface area contributed by atoms with Crippen molar-refractivity contribution in [2.75, 3.05) is 13.2 Å². The van der Waals surface area contributed by atoms with Crippen molar-refractivity contribution in [3.05, 3.63) is 10.0 Å². The van der Waals surface area contributed by atoms with Crippen molar-refractivity contribution in [2.45, 2.75) is 22.4 Å². The molecule has 0 saturated carbocycles. The fraction of sp³-hybridized carbons (Fsp3) is 0.556. The number of aldehydes is 1. The van der Waals surface area contributed by atoms with E-state index in [9.17, 15) is 4.79 Å². The Labute approximate surface area is 101 Å². The van der Waals surface area contributed by atoms with Gasteiger partial charge in [0.1, 0.15) is 4.88 Å². The number of rotatable bonds is 3. The summed E-state index contributed by atoms with van der Waals surface area (Å²) in [4.78, 5) is 15.3. The summed E-state index contributed by atoms with van der Waals surface area (Å²) in [5, 5.41) is 0.866. The Hall–Kier alpha value is -0.100. The van der Waals surface area contributed by atoms with Gasteiger partial charge in [-0.2, -0.15) is 0 Å². The highest BCUT2D eigenvalue weighted by Gasteiger charge is 2.18. The lowest BCUT2D eigenvalue weighted by atomic mass is 10.2. The van der Waals surface area contributed by atoms with Gasteiger partial charge in [-0.1, -0.05) is 23.4 Å². The summed E-state index contributed by atoms with van der Waals surface area (Å²) < 4.78 is 6.16. The molecule has 82 valence electrons. The lowest BCUT2D eigenvalue weighted by Crippen LogP contribution is -2.17. The number of nitrogens with zero attached hydrogens (tertiary/aromatic N) is 1. The highest BCUT2D eigenvalue weighted by atomic mass is 35.5. The molecule has 0 spiro atoms. The lowest BCUT2D eigenvalue weighted by Gasteiger charge is -2.19. The minimum atomic E-state index is 0.324. The van der Waals surface area contributed by atoms with E-state index in [0.717, 1.165) is 36.7 Å². The minimum absolute atomic E-state index is 0.324. The summed E-state index contributed by atoms with van der Waals surface area (Å²) in [7, 11) is 0. The van der Waals surface area contributed by atoms with Crippen molar-refractivity contribution < 1.29 is 9.53 Å². The number of halogens is 1. The molecule has 1 saturated heterocycles. The second-order valence-electron chi connectivity index (χ2n) is 3.18. The largest absolute Gasteiger partial charge is 0.381 e. The molecule has 1 fully saturated rings. The predicted octanol–water partition coefficient (Wildman–Crippen LogP) is 2.88. The number of carbonyl (C=O) groups is 1. The molecule has 0 unspecified atom stereocenters. The molecule has 1 aliphatic heterocycles. The monoisotopic (exact) mass is 263 g/mol. The normalized spacial score (nSPS) is 17.9. The SMILES string of the molecule is O=Cc1sc(SC2CCOCC2)nc1Cl. The molecule has 15 heavy (non-hydrogen) atoms. The Bertz CT molecular complexity index is 350. The van der Waals surface area contributed by atoms with Crippen LogP contribution in [0.1, 0.15) is 22.5 Å². The van der Waals surface area contributed by atoms with Gasteiger partial charge in [0.15, 0.2) is 15.8 Å². The fourth-order valence-electron chi connectivity index (χ4n) is 1.35. The molecular weight excluding hydrogens is 254 g/mol. The zero-order chi connectivity index (χ0) is 10.7. The third kappa shape index (κ3) is 2.93. The first-order valence-corrected chi connectivity index (χ1v) is 6.73. The number of thioether (sulfide) groups is 1. The highest BCUT2D eigenvalue weighted by molar-refractivity contribution is 8.01. The Morgan fingerprint density at radius 2 is 2.27 bits per heavy atom. The van der Waals surface area contributed by atoms with Crippen LogP contribution in [0.15, 0.2) is 4.34 Å². The van der Waals surface area contributed by atoms with Crippen molar-refractivity contribution in [3.8, 4) is 0 Å². The number of carbonyl (C=O) groups excluding carboxylic acids is 1. The zero-order valence-electron chi connectivity index (χ0n) is 7.94. The van der Waals surface area contributed by atoms with Crippen LogP contribution in [0.25, 0.3) is 0 Å². The summed E-state index contributed by atoms with van der Waals surface area (Å²) in [5.41, 5.74) is 0. The van der Waals surface area contributed by atoms with E-state index in [1.807, 2.05) is 0 Å². The van der Waals surface area contributed by atoms with Gasteiger partial charge in [-0.05, 0) is 12.8 Å². The van der Waals surface area contributed by atoms with Gasteiger partial charge in [0.25, 0.3) is 0 Å². The maximum absolute atomic E-state index is 10.6. The van der Waals surface area contributed by atoms with Crippen molar-refractivity contribution in [2.24, 2.45) is 0 Å². The van der Waals surface area contributed by atoms with Crippen LogP contribution in [0.2, 0.25) is 5.15 Å². The van der Waals surface area contributed by atoms with E-state index in [4.69, 9.17) is 16.3 Å². The topological polar surface area (TPSA) is 39.2 Å². The number of aromatic nitrogens is 1. The quantitative estimate of drug-likeness (QED) is 0.786. The molecule has 0 atom stereocenters. The van der Waals surface area contributed by atoms with Crippen LogP contribution < -0.4 is 0 Å². The summed E-state index contributed by atoms with van der Waals surface area (Å²) in [6.45, 7) is 1.63. The molecule has 6 heteroatoms. The molecule has 3 nitrogen and oxygen atoms in total. The van der Waals surface area contributed by atoms with Gasteiger partial charge < -0.3 is 4.74 Å². The van der Waals surface area contributed by atoms with E-state index in [1.165, 1.54) is 11.3 Å². The fourth-order valence-corrected chi connectivity index (χ4v) is 3.93. The van der Waals surface area contributed by atoms with Crippen LogP contribution in [0.3, 0.4) is 0 Å². The van der Waals surface area contributed by atoms with Gasteiger partial charge in [0.05, 0.1) is 0 Å². The zero-order valence-corrected chi connectivity index (χ0v) is 10.3. The van der Waals surface area contributed by atoms with Gasteiger partial charge >= 0.3 is 0 Å². The second-order valence-corrected chi connectivity index (χ2v) is 6.12. The Morgan fingerprint density at radius 1 is 1.53 bits per heavy atom. The number of thiazole rings is 1. The molecule has 0 radical (unpaired) electrons. The highest BCUT2D eigenvalue weighted by Crippen LogP contribution is 2.34. The first-order valence-electron chi connectivity index (χ1n) is 4.65. The lowest BCUT2D eigenvalue weighted by molar-refractivity contribution is 0.1000. The van der Waals surface area contributed by atoms with Crippen molar-refractivity contribution in [1.29, 1.82) is 0 Å². The summed E-state index contributed by atoms with van der Waals surface area (Å²) in [6.07, 6.45) is 2.84. The Morgan fingerprint density at radius 3 is 2.87 bits per heavy atom. The summed E-state index contributed by atoms with van der Waals surface area (Å²) in [5.74, 6) is 0. The van der Waals surface area contributed by atoms with E-state index < -0.39 is 0 Å². The van der Waals surface area contributed by atoms with Gasteiger partial charge in [0.2, 0.25) is 0 Å². The molecule has 0 aromatic carbocycles. The third-order valence-corrected chi connectivity index (χ3v) is 4.94. The Kier molecular flexibility index (Phi) is 4.02. The van der Waals surface area contributed by atoms with E-state index in [1.54, 1.807) is 11.8 Å². The Balaban J connectivity index is 2.00. The maximum atomic E-state index is 10.6. The minimum Gasteiger partial charge on any atom is -0.381 e. The van der Waals surface area contributed by atoms with E-state index in [2.05, 4.69) is 4.98 Å². The van der Waals surface area contributed by atoms with Crippen molar-refractivity contribution in [1.82, 2.24) is 4.98 Å². The van der Waals surface area contributed by atoms with Gasteiger partial charge in [0, 0.05) is 18.5 Å². The third-order valence-electron chi connectivity index (χ3n) is 2.13. The molecule has 1 aromatic rings. The number of hydrogen-bond donors (Lipinski definition) is 0. The molecule has 2 heterocycles. The van der Waals surface area contributed by atoms with Crippen LogP contribution in [-0.4, -0.2) is 29.7 Å². The van der Waals surface area contributed by atoms with Crippen molar-refractivity contribution in [3.63, 3.8) is 0 Å². The standard InChI is InChI=1S/C9H10ClNO2S2/c10-8-7(5-12)15-9(11-8)14-6-1-3-13-4-2-6/h5-6H,1-4H2. The van der Waals surface area contributed by atoms with Crippen LogP contribution in [0, 0.1) is 0 Å². The van der Waals surface area contributed by atoms with Crippen LogP contribution in [0.4, 0.5) is 0 Å². The maximum Gasteiger partial charge on any atom is 0.163 e. The van der Waals surface area contributed by atoms with E-state index in [0.29, 0.717) is 15.3 Å². The van der Waals surface area contributed by atoms with E-state index >= 15 is 0 Å². The van der Waals surface area contributed by atoms with Crippen LogP contribution >= 0.6 is 34.7 Å². The van der Waals surface area contributed by atoms with Gasteiger partial charge in [-0.3, -0.25) is 4.79 Å². The average Bonchev–Trinajstić information content (AvgIpc) is 2.60. The molecule has 1 aromatic heterocycles. The van der Waals surface area contributed by atoms with Crippen LogP contribution in [0.5, 0.6) is 0 Å². The van der Waals surface area contributed by atoms with Crippen LogP contribution in [-0.2, 0) is 4.74 Å². The average molecular weight is 264 g/mol. The second kappa shape index (κ2) is 5.30. The number of ether oxygens (including phenoxy) is 1.